The Morgan fingerprint density at radius 2 is 1.84 bits per heavy atom. The fourth-order valence-electron chi connectivity index (χ4n) is 2.24. The lowest BCUT2D eigenvalue weighted by Gasteiger charge is -2.31. The molecule has 0 aromatic rings. The topological polar surface area (TPSA) is 107 Å². The number of aliphatic hydroxyl groups is 1. The van der Waals surface area contributed by atoms with Crippen molar-refractivity contribution in [1.82, 2.24) is 9.03 Å². The van der Waals surface area contributed by atoms with Crippen molar-refractivity contribution in [1.29, 1.82) is 0 Å². The maximum atomic E-state index is 12.1. The molecule has 1 rings (SSSR count). The van der Waals surface area contributed by atoms with Crippen LogP contribution in [-0.4, -0.2) is 54.1 Å². The Bertz CT molecular complexity index is 403. The van der Waals surface area contributed by atoms with Gasteiger partial charge >= 0.3 is 5.97 Å². The van der Waals surface area contributed by atoms with Crippen LogP contribution >= 0.6 is 0 Å². The van der Waals surface area contributed by atoms with Gasteiger partial charge in [-0.15, -0.1) is 0 Å². The third kappa shape index (κ3) is 4.41. The SMILES string of the molecule is CC(O)C(NS(=O)(=O)N(C)C1CCCCC1)C(=O)O. The third-order valence-corrected chi connectivity index (χ3v) is 5.10. The molecule has 0 heterocycles. The Hall–Kier alpha value is -0.700. The minimum atomic E-state index is -3.91. The summed E-state index contributed by atoms with van der Waals surface area (Å²) in [5.74, 6) is -1.39. The second-order valence-corrected chi connectivity index (χ2v) is 6.75. The van der Waals surface area contributed by atoms with Gasteiger partial charge in [0.05, 0.1) is 6.10 Å². The Balaban J connectivity index is 2.75. The van der Waals surface area contributed by atoms with Gasteiger partial charge in [-0.25, -0.2) is 0 Å². The highest BCUT2D eigenvalue weighted by Gasteiger charge is 2.33. The zero-order valence-electron chi connectivity index (χ0n) is 11.2. The fourth-order valence-corrected chi connectivity index (χ4v) is 3.63. The van der Waals surface area contributed by atoms with Gasteiger partial charge < -0.3 is 10.2 Å². The average molecular weight is 294 g/mol. The van der Waals surface area contributed by atoms with Crippen LogP contribution in [0.1, 0.15) is 39.0 Å². The van der Waals surface area contributed by atoms with E-state index in [1.165, 1.54) is 18.3 Å². The molecule has 0 aliphatic heterocycles. The first kappa shape index (κ1) is 16.4. The van der Waals surface area contributed by atoms with E-state index in [0.29, 0.717) is 0 Å². The van der Waals surface area contributed by atoms with Crippen molar-refractivity contribution in [2.24, 2.45) is 0 Å². The number of nitrogens with zero attached hydrogens (tertiary/aromatic N) is 1. The second kappa shape index (κ2) is 6.65. The summed E-state index contributed by atoms with van der Waals surface area (Å²) in [6.45, 7) is 1.24. The minimum absolute atomic E-state index is 0.102. The fraction of sp³-hybridized carbons (Fsp3) is 0.909. The molecular formula is C11H22N2O5S. The van der Waals surface area contributed by atoms with Crippen LogP contribution in [0.2, 0.25) is 0 Å². The van der Waals surface area contributed by atoms with Crippen molar-refractivity contribution in [3.05, 3.63) is 0 Å². The van der Waals surface area contributed by atoms with Crippen LogP contribution in [0.25, 0.3) is 0 Å². The number of carboxylic acids is 1. The molecule has 19 heavy (non-hydrogen) atoms. The standard InChI is InChI=1S/C11H22N2O5S/c1-8(14)10(11(15)16)12-19(17,18)13(2)9-6-4-3-5-7-9/h8-10,12,14H,3-7H2,1-2H3,(H,15,16). The monoisotopic (exact) mass is 294 g/mol. The van der Waals surface area contributed by atoms with Gasteiger partial charge in [0.1, 0.15) is 6.04 Å². The van der Waals surface area contributed by atoms with Gasteiger partial charge in [-0.2, -0.15) is 17.4 Å². The molecule has 0 spiro atoms. The molecular weight excluding hydrogens is 272 g/mol. The van der Waals surface area contributed by atoms with E-state index in [0.717, 1.165) is 32.1 Å². The molecule has 1 saturated carbocycles. The van der Waals surface area contributed by atoms with Crippen molar-refractivity contribution in [2.75, 3.05) is 7.05 Å². The van der Waals surface area contributed by atoms with E-state index >= 15 is 0 Å². The van der Waals surface area contributed by atoms with Crippen molar-refractivity contribution < 1.29 is 23.4 Å². The number of rotatable bonds is 6. The average Bonchev–Trinajstić information content (AvgIpc) is 2.35. The zero-order valence-corrected chi connectivity index (χ0v) is 12.1. The Morgan fingerprint density at radius 3 is 2.26 bits per heavy atom. The van der Waals surface area contributed by atoms with Gasteiger partial charge in [-0.3, -0.25) is 4.79 Å². The van der Waals surface area contributed by atoms with Crippen molar-refractivity contribution in [3.8, 4) is 0 Å². The van der Waals surface area contributed by atoms with E-state index in [1.807, 2.05) is 4.72 Å². The zero-order chi connectivity index (χ0) is 14.6. The molecule has 2 atom stereocenters. The summed E-state index contributed by atoms with van der Waals surface area (Å²) in [6, 6.07) is -1.63. The number of hydrogen-bond donors (Lipinski definition) is 3. The molecule has 7 nitrogen and oxygen atoms in total. The van der Waals surface area contributed by atoms with Crippen LogP contribution in [0.3, 0.4) is 0 Å². The smallest absolute Gasteiger partial charge is 0.324 e. The van der Waals surface area contributed by atoms with E-state index < -0.39 is 28.3 Å². The van der Waals surface area contributed by atoms with Crippen LogP contribution in [-0.2, 0) is 15.0 Å². The summed E-state index contributed by atoms with van der Waals surface area (Å²) >= 11 is 0. The maximum Gasteiger partial charge on any atom is 0.324 e. The Morgan fingerprint density at radius 1 is 1.32 bits per heavy atom. The van der Waals surface area contributed by atoms with Crippen molar-refractivity contribution >= 4 is 16.2 Å². The molecule has 1 fully saturated rings. The summed E-state index contributed by atoms with van der Waals surface area (Å²) in [4.78, 5) is 10.9. The second-order valence-electron chi connectivity index (χ2n) is 4.99. The van der Waals surface area contributed by atoms with Crippen molar-refractivity contribution in [2.45, 2.75) is 57.2 Å². The predicted molar refractivity (Wildman–Crippen MR) is 69.8 cm³/mol. The number of carboxylic acid groups (broad SMARTS) is 1. The molecule has 8 heteroatoms. The highest BCUT2D eigenvalue weighted by Crippen LogP contribution is 2.23. The first-order valence-corrected chi connectivity index (χ1v) is 7.86. The van der Waals surface area contributed by atoms with E-state index in [9.17, 15) is 18.3 Å². The van der Waals surface area contributed by atoms with Crippen molar-refractivity contribution in [3.63, 3.8) is 0 Å². The lowest BCUT2D eigenvalue weighted by molar-refractivity contribution is -0.141. The third-order valence-electron chi connectivity index (χ3n) is 3.49. The van der Waals surface area contributed by atoms with E-state index in [1.54, 1.807) is 0 Å². The lowest BCUT2D eigenvalue weighted by Crippen LogP contribution is -2.53. The van der Waals surface area contributed by atoms with E-state index in [-0.39, 0.29) is 6.04 Å². The number of carbonyl (C=O) groups is 1. The largest absolute Gasteiger partial charge is 0.480 e. The van der Waals surface area contributed by atoms with Gasteiger partial charge in [0.15, 0.2) is 0 Å². The predicted octanol–water partition coefficient (Wildman–Crippen LogP) is -0.0807. The highest BCUT2D eigenvalue weighted by molar-refractivity contribution is 7.87. The molecule has 0 aromatic heterocycles. The van der Waals surface area contributed by atoms with Gasteiger partial charge in [0.2, 0.25) is 0 Å². The van der Waals surface area contributed by atoms with Gasteiger partial charge in [-0.1, -0.05) is 19.3 Å². The Kier molecular flexibility index (Phi) is 5.72. The molecule has 2 unspecified atom stereocenters. The number of aliphatic carboxylic acids is 1. The minimum Gasteiger partial charge on any atom is -0.480 e. The van der Waals surface area contributed by atoms with Gasteiger partial charge in [0.25, 0.3) is 10.2 Å². The normalized spacial score (nSPS) is 21.3. The lowest BCUT2D eigenvalue weighted by atomic mass is 9.96. The molecule has 0 bridgehead atoms. The molecule has 0 saturated heterocycles. The summed E-state index contributed by atoms with van der Waals surface area (Å²) in [7, 11) is -2.46. The van der Waals surface area contributed by atoms with Crippen LogP contribution in [0.4, 0.5) is 0 Å². The van der Waals surface area contributed by atoms with Crippen LogP contribution < -0.4 is 4.72 Å². The summed E-state index contributed by atoms with van der Waals surface area (Å²) in [5, 5.41) is 18.2. The van der Waals surface area contributed by atoms with Gasteiger partial charge in [-0.05, 0) is 19.8 Å². The molecule has 0 amide bonds. The van der Waals surface area contributed by atoms with Gasteiger partial charge in [0, 0.05) is 13.1 Å². The number of nitrogens with one attached hydrogen (secondary N) is 1. The molecule has 0 radical (unpaired) electrons. The number of aliphatic hydroxyl groups excluding tert-OH is 1. The molecule has 0 aromatic carbocycles. The van der Waals surface area contributed by atoms with Crippen LogP contribution in [0.15, 0.2) is 0 Å². The van der Waals surface area contributed by atoms with Crippen LogP contribution in [0.5, 0.6) is 0 Å². The van der Waals surface area contributed by atoms with Crippen LogP contribution in [0, 0.1) is 0 Å². The number of hydrogen-bond acceptors (Lipinski definition) is 4. The first-order valence-electron chi connectivity index (χ1n) is 6.42. The summed E-state index contributed by atoms with van der Waals surface area (Å²) in [6.07, 6.45) is 3.32. The Labute approximate surface area is 113 Å². The van der Waals surface area contributed by atoms with E-state index in [4.69, 9.17) is 5.11 Å². The molecule has 3 N–H and O–H groups in total. The quantitative estimate of drug-likeness (QED) is 0.635. The molecule has 1 aliphatic rings. The maximum absolute atomic E-state index is 12.1. The first-order chi connectivity index (χ1) is 8.75. The molecule has 1 aliphatic carbocycles. The summed E-state index contributed by atoms with van der Waals surface area (Å²) < 4.78 is 27.4. The molecule has 112 valence electrons. The van der Waals surface area contributed by atoms with E-state index in [2.05, 4.69) is 0 Å². The summed E-state index contributed by atoms with van der Waals surface area (Å²) in [5.41, 5.74) is 0. The highest BCUT2D eigenvalue weighted by atomic mass is 32.2.